The molecule has 0 spiro atoms. The van der Waals surface area contributed by atoms with Gasteiger partial charge < -0.3 is 0 Å². The molecule has 0 radical (unpaired) electrons. The summed E-state index contributed by atoms with van der Waals surface area (Å²) in [5.74, 6) is 0.692. The molecular weight excluding hydrogens is 132 g/mol. The van der Waals surface area contributed by atoms with Crippen molar-refractivity contribution < 1.29 is 0 Å². The van der Waals surface area contributed by atoms with E-state index in [0.717, 1.165) is 0 Å². The predicted octanol–water partition coefficient (Wildman–Crippen LogP) is 3.70. The number of allylic oxidation sites excluding steroid dienone is 4. The molecule has 1 rings (SSSR count). The van der Waals surface area contributed by atoms with Crippen LogP contribution >= 0.6 is 0 Å². The van der Waals surface area contributed by atoms with Crippen LogP contribution < -0.4 is 0 Å². The van der Waals surface area contributed by atoms with Gasteiger partial charge in [0.25, 0.3) is 0 Å². The third-order valence-electron chi connectivity index (χ3n) is 2.02. The molecule has 0 aromatic heterocycles. The van der Waals surface area contributed by atoms with Gasteiger partial charge >= 0.3 is 0 Å². The van der Waals surface area contributed by atoms with Gasteiger partial charge in [0.05, 0.1) is 0 Å². The molecule has 0 atom stereocenters. The van der Waals surface area contributed by atoms with Crippen molar-refractivity contribution in [1.82, 2.24) is 0 Å². The second-order valence-corrected chi connectivity index (χ2v) is 3.63. The van der Waals surface area contributed by atoms with Crippen molar-refractivity contribution in [1.29, 1.82) is 0 Å². The number of hydrogen-bond donors (Lipinski definition) is 0. The Kier molecular flexibility index (Phi) is 3.41. The minimum atomic E-state index is 0.692. The molecule has 1 aliphatic carbocycles. The van der Waals surface area contributed by atoms with Crippen molar-refractivity contribution >= 4 is 0 Å². The fraction of sp³-hybridized carbons (Fsp3) is 0.636. The molecule has 0 aromatic rings. The van der Waals surface area contributed by atoms with E-state index < -0.39 is 0 Å². The molecule has 0 aliphatic heterocycles. The van der Waals surface area contributed by atoms with Gasteiger partial charge in [0.15, 0.2) is 0 Å². The summed E-state index contributed by atoms with van der Waals surface area (Å²) in [4.78, 5) is 0. The van der Waals surface area contributed by atoms with Gasteiger partial charge in [-0.1, -0.05) is 37.6 Å². The van der Waals surface area contributed by atoms with Crippen LogP contribution in [0.5, 0.6) is 0 Å². The Morgan fingerprint density at radius 3 is 2.73 bits per heavy atom. The van der Waals surface area contributed by atoms with E-state index in [0.29, 0.717) is 5.92 Å². The van der Waals surface area contributed by atoms with Crippen LogP contribution in [0, 0.1) is 5.92 Å². The second-order valence-electron chi connectivity index (χ2n) is 3.63. The topological polar surface area (TPSA) is 0 Å². The standard InChI is InChI=1S/C11H18/c1-10(2)8-9-11-6-4-3-5-7-11/h6,8-10H,3-5,7H2,1-2H3/b9-8+. The van der Waals surface area contributed by atoms with E-state index in [1.807, 2.05) is 0 Å². The quantitative estimate of drug-likeness (QED) is 0.563. The maximum atomic E-state index is 2.38. The smallest absolute Gasteiger partial charge is 0.0282 e. The first-order valence-corrected chi connectivity index (χ1v) is 4.66. The van der Waals surface area contributed by atoms with Crippen molar-refractivity contribution in [3.05, 3.63) is 23.8 Å². The summed E-state index contributed by atoms with van der Waals surface area (Å²) in [7, 11) is 0. The molecule has 0 heteroatoms. The third-order valence-corrected chi connectivity index (χ3v) is 2.02. The predicted molar refractivity (Wildman–Crippen MR) is 50.5 cm³/mol. The minimum absolute atomic E-state index is 0.692. The zero-order valence-electron chi connectivity index (χ0n) is 7.64. The largest absolute Gasteiger partial charge is 0.0817 e. The van der Waals surface area contributed by atoms with Crippen LogP contribution in [-0.4, -0.2) is 0 Å². The van der Waals surface area contributed by atoms with E-state index in [1.54, 1.807) is 5.57 Å². The molecule has 0 saturated heterocycles. The normalized spacial score (nSPS) is 19.4. The fourth-order valence-corrected chi connectivity index (χ4v) is 1.33. The molecule has 0 nitrogen and oxygen atoms in total. The van der Waals surface area contributed by atoms with Crippen LogP contribution in [0.1, 0.15) is 39.5 Å². The zero-order chi connectivity index (χ0) is 8.10. The monoisotopic (exact) mass is 150 g/mol. The van der Waals surface area contributed by atoms with Crippen LogP contribution in [0.3, 0.4) is 0 Å². The summed E-state index contributed by atoms with van der Waals surface area (Å²) in [6.45, 7) is 4.44. The van der Waals surface area contributed by atoms with E-state index in [1.165, 1.54) is 25.7 Å². The average Bonchev–Trinajstić information content (AvgIpc) is 2.03. The molecule has 62 valence electrons. The Balaban J connectivity index is 2.41. The molecule has 0 unspecified atom stereocenters. The first-order valence-electron chi connectivity index (χ1n) is 4.66. The maximum absolute atomic E-state index is 2.38. The van der Waals surface area contributed by atoms with Crippen molar-refractivity contribution in [3.63, 3.8) is 0 Å². The lowest BCUT2D eigenvalue weighted by atomic mass is 9.98. The molecular formula is C11H18. The van der Waals surface area contributed by atoms with E-state index in [4.69, 9.17) is 0 Å². The lowest BCUT2D eigenvalue weighted by Crippen LogP contribution is -1.89. The van der Waals surface area contributed by atoms with Crippen LogP contribution in [0.15, 0.2) is 23.8 Å². The molecule has 0 heterocycles. The maximum Gasteiger partial charge on any atom is -0.0282 e. The van der Waals surface area contributed by atoms with E-state index in [9.17, 15) is 0 Å². The molecule has 0 amide bonds. The summed E-state index contributed by atoms with van der Waals surface area (Å²) >= 11 is 0. The van der Waals surface area contributed by atoms with Crippen molar-refractivity contribution in [2.75, 3.05) is 0 Å². The van der Waals surface area contributed by atoms with Gasteiger partial charge in [-0.2, -0.15) is 0 Å². The highest BCUT2D eigenvalue weighted by molar-refractivity contribution is 5.20. The Labute approximate surface area is 70.0 Å². The average molecular weight is 150 g/mol. The van der Waals surface area contributed by atoms with Gasteiger partial charge in [-0.15, -0.1) is 0 Å². The number of hydrogen-bond acceptors (Lipinski definition) is 0. The van der Waals surface area contributed by atoms with Gasteiger partial charge in [-0.25, -0.2) is 0 Å². The summed E-state index contributed by atoms with van der Waals surface area (Å²) < 4.78 is 0. The second kappa shape index (κ2) is 4.38. The van der Waals surface area contributed by atoms with E-state index >= 15 is 0 Å². The van der Waals surface area contributed by atoms with E-state index in [-0.39, 0.29) is 0 Å². The first-order chi connectivity index (χ1) is 5.29. The highest BCUT2D eigenvalue weighted by Crippen LogP contribution is 2.18. The molecule has 0 bridgehead atoms. The molecule has 0 aromatic carbocycles. The minimum Gasteiger partial charge on any atom is -0.0817 e. The third kappa shape index (κ3) is 3.41. The van der Waals surface area contributed by atoms with Gasteiger partial charge in [0, 0.05) is 0 Å². The lowest BCUT2D eigenvalue weighted by molar-refractivity contribution is 0.710. The summed E-state index contributed by atoms with van der Waals surface area (Å²) in [6, 6.07) is 0. The first kappa shape index (κ1) is 8.58. The molecule has 1 aliphatic rings. The van der Waals surface area contributed by atoms with Crippen molar-refractivity contribution in [2.24, 2.45) is 5.92 Å². The van der Waals surface area contributed by atoms with Crippen molar-refractivity contribution in [2.45, 2.75) is 39.5 Å². The van der Waals surface area contributed by atoms with Crippen molar-refractivity contribution in [3.8, 4) is 0 Å². The molecule has 0 saturated carbocycles. The Bertz CT molecular complexity index is 161. The summed E-state index contributed by atoms with van der Waals surface area (Å²) in [5.41, 5.74) is 1.55. The van der Waals surface area contributed by atoms with Crippen LogP contribution in [-0.2, 0) is 0 Å². The SMILES string of the molecule is CC(C)/C=C/C1=CCCCC1. The Morgan fingerprint density at radius 1 is 1.36 bits per heavy atom. The summed E-state index contributed by atoms with van der Waals surface area (Å²) in [5, 5.41) is 0. The summed E-state index contributed by atoms with van der Waals surface area (Å²) in [6.07, 6.45) is 12.3. The molecule has 0 N–H and O–H groups in total. The lowest BCUT2D eigenvalue weighted by Gasteiger charge is -2.08. The van der Waals surface area contributed by atoms with Gasteiger partial charge in [-0.05, 0) is 31.6 Å². The zero-order valence-corrected chi connectivity index (χ0v) is 7.64. The van der Waals surface area contributed by atoms with Gasteiger partial charge in [0.2, 0.25) is 0 Å². The van der Waals surface area contributed by atoms with Crippen LogP contribution in [0.4, 0.5) is 0 Å². The Morgan fingerprint density at radius 2 is 2.18 bits per heavy atom. The van der Waals surface area contributed by atoms with Crippen LogP contribution in [0.25, 0.3) is 0 Å². The van der Waals surface area contributed by atoms with E-state index in [2.05, 4.69) is 32.1 Å². The van der Waals surface area contributed by atoms with Gasteiger partial charge in [-0.3, -0.25) is 0 Å². The fourth-order valence-electron chi connectivity index (χ4n) is 1.33. The van der Waals surface area contributed by atoms with Gasteiger partial charge in [0.1, 0.15) is 0 Å². The van der Waals surface area contributed by atoms with Crippen LogP contribution in [0.2, 0.25) is 0 Å². The highest BCUT2D eigenvalue weighted by Gasteiger charge is 1.99. The number of rotatable bonds is 2. The highest BCUT2D eigenvalue weighted by atomic mass is 14.0. The Hall–Kier alpha value is -0.520. The molecule has 0 fully saturated rings. The molecule has 11 heavy (non-hydrogen) atoms.